The van der Waals surface area contributed by atoms with Crippen molar-refractivity contribution in [3.63, 3.8) is 0 Å². The first-order valence-electron chi connectivity index (χ1n) is 30.2. The normalized spacial score (nSPS) is 20.3. The average Bonchev–Trinajstić information content (AvgIpc) is 4.10. The summed E-state index contributed by atoms with van der Waals surface area (Å²) in [5, 5.41) is -2.52. The second-order valence-corrected chi connectivity index (χ2v) is 10.6. The molecule has 0 spiro atoms. The molecule has 0 fully saturated rings. The Morgan fingerprint density at radius 1 is 0.280 bits per heavy atom. The maximum atomic E-state index is 9.87. The van der Waals surface area contributed by atoms with Gasteiger partial charge in [-0.3, -0.25) is 0 Å². The lowest BCUT2D eigenvalue weighted by molar-refractivity contribution is 1.18. The molecular formula is C48H32N2. The van der Waals surface area contributed by atoms with Crippen LogP contribution in [0.5, 0.6) is 0 Å². The molecule has 2 heterocycles. The Hall–Kier alpha value is -6.64. The van der Waals surface area contributed by atoms with E-state index < -0.39 is 276 Å². The first-order chi connectivity index (χ1) is 37.7. The second-order valence-electron chi connectivity index (χ2n) is 10.6. The summed E-state index contributed by atoms with van der Waals surface area (Å²) in [5.74, 6) is 0. The number of aromatic nitrogens is 2. The van der Waals surface area contributed by atoms with Crippen LogP contribution in [0, 0.1) is 0 Å². The van der Waals surface area contributed by atoms with E-state index in [-0.39, 0.29) is 0 Å². The predicted molar refractivity (Wildman–Crippen MR) is 211 cm³/mol. The molecule has 2 nitrogen and oxygen atoms in total. The number of fused-ring (bicyclic) bond motifs is 6. The molecule has 0 aliphatic rings. The molecule has 0 radical (unpaired) electrons. The van der Waals surface area contributed by atoms with Gasteiger partial charge in [0, 0.05) is 32.9 Å². The summed E-state index contributed by atoms with van der Waals surface area (Å²) in [7, 11) is 0. The summed E-state index contributed by atoms with van der Waals surface area (Å²) < 4.78 is 278. The number of para-hydroxylation sites is 2. The van der Waals surface area contributed by atoms with Crippen molar-refractivity contribution in [2.75, 3.05) is 0 Å². The Morgan fingerprint density at radius 2 is 0.740 bits per heavy atom. The number of nitrogens with zero attached hydrogens (tertiary/aromatic N) is 2. The van der Waals surface area contributed by atoms with Crippen molar-refractivity contribution in [2.45, 2.75) is 0 Å². The molecule has 10 rings (SSSR count). The van der Waals surface area contributed by atoms with E-state index >= 15 is 0 Å². The first kappa shape index (κ1) is 11.2. The lowest BCUT2D eigenvalue weighted by Crippen LogP contribution is -1.94. The zero-order valence-corrected chi connectivity index (χ0v) is 25.0. The SMILES string of the molecule is [2H]c1cc(-c2c([2H])c([2H])c([2H])c([2H])c2[2H])c([2H])c([2H])c1-n1c2c([2H])c([2H])c([2H])c([2H])c2c2c([2H])c(-c3c([2H])c([2H])c4c(c3[2H])c3c([2H])c([2H])c([2H])c([2H])c3n4-c3c([2H])c([2H])c([2H])c(-c4c([2H])c([2H])c([2H])c([2H])c4[2H])c3[2H])c([2H])c([2H])c21. The van der Waals surface area contributed by atoms with Crippen molar-refractivity contribution in [2.24, 2.45) is 0 Å². The molecule has 8 aromatic carbocycles. The van der Waals surface area contributed by atoms with Crippen LogP contribution in [-0.4, -0.2) is 9.13 Å². The smallest absolute Gasteiger partial charge is 0.0651 e. The second kappa shape index (κ2) is 11.5. The highest BCUT2D eigenvalue weighted by molar-refractivity contribution is 6.12. The summed E-state index contributed by atoms with van der Waals surface area (Å²) in [6.07, 6.45) is 0. The van der Waals surface area contributed by atoms with E-state index in [0.29, 0.717) is 4.57 Å². The van der Waals surface area contributed by atoms with Gasteiger partial charge in [0.1, 0.15) is 0 Å². The Morgan fingerprint density at radius 3 is 1.36 bits per heavy atom. The minimum absolute atomic E-state index is 0.496. The highest BCUT2D eigenvalue weighted by atomic mass is 15.0. The van der Waals surface area contributed by atoms with E-state index in [1.54, 1.807) is 0 Å². The molecule has 50 heavy (non-hydrogen) atoms. The Balaban J connectivity index is 1.37. The van der Waals surface area contributed by atoms with Gasteiger partial charge in [-0.25, -0.2) is 0 Å². The van der Waals surface area contributed by atoms with E-state index in [0.717, 1.165) is 10.6 Å². The van der Waals surface area contributed by atoms with Gasteiger partial charge < -0.3 is 9.13 Å². The molecule has 0 aliphatic heterocycles. The fourth-order valence-corrected chi connectivity index (χ4v) is 5.65. The van der Waals surface area contributed by atoms with Crippen LogP contribution in [0.4, 0.5) is 0 Å². The molecular weight excluding hydrogens is 605 g/mol. The van der Waals surface area contributed by atoms with Crippen molar-refractivity contribution in [1.29, 1.82) is 0 Å². The molecule has 0 atom stereocenters. The van der Waals surface area contributed by atoms with Gasteiger partial charge in [0.15, 0.2) is 0 Å². The molecule has 0 N–H and O–H groups in total. The quantitative estimate of drug-likeness (QED) is 0.173. The summed E-state index contributed by atoms with van der Waals surface area (Å²) >= 11 is 0. The topological polar surface area (TPSA) is 9.86 Å². The summed E-state index contributed by atoms with van der Waals surface area (Å²) in [4.78, 5) is 0. The average molecular weight is 668 g/mol. The van der Waals surface area contributed by atoms with Crippen molar-refractivity contribution < 1.29 is 42.5 Å². The zero-order valence-electron chi connectivity index (χ0n) is 56.0. The summed E-state index contributed by atoms with van der Waals surface area (Å²) in [6, 6.07) is -27.9. The van der Waals surface area contributed by atoms with Gasteiger partial charge in [-0.05, 0) is 93.8 Å². The zero-order chi connectivity index (χ0) is 60.0. The minimum atomic E-state index is -1.09. The molecule has 0 bridgehead atoms. The van der Waals surface area contributed by atoms with Crippen LogP contribution < -0.4 is 0 Å². The van der Waals surface area contributed by atoms with Crippen molar-refractivity contribution >= 4 is 43.6 Å². The molecule has 234 valence electrons. The van der Waals surface area contributed by atoms with Gasteiger partial charge >= 0.3 is 0 Å². The van der Waals surface area contributed by atoms with Crippen molar-refractivity contribution in [1.82, 2.24) is 9.13 Å². The third-order valence-electron chi connectivity index (χ3n) is 7.81. The van der Waals surface area contributed by atoms with Crippen LogP contribution in [0.3, 0.4) is 0 Å². The van der Waals surface area contributed by atoms with E-state index in [9.17, 15) is 13.7 Å². The standard InChI is InChI=1S/C48H32N2/c1-3-12-33(13-4-1)35-22-26-39(27-23-35)49-45-20-9-7-18-41(45)43-31-37(24-28-47(43)49)38-25-29-48-44(32-38)42-19-8-10-21-46(42)50(48)40-17-11-16-36(30-40)34-14-5-2-6-15-34/h1-32H/i1D,2D,3D,4D,5D,6D,7D,8D,9D,10D,11D,12D,13D,14D,15D,16D,17D,18D,19D,20D,21D,22D,24D,25D,26D,27D,28D,29D,30D,31D,32D. The van der Waals surface area contributed by atoms with Gasteiger partial charge in [-0.1, -0.05) is 133 Å². The van der Waals surface area contributed by atoms with Crippen LogP contribution >= 0.6 is 0 Å². The number of benzene rings is 8. The van der Waals surface area contributed by atoms with Crippen LogP contribution in [0.25, 0.3) is 88.4 Å². The third-order valence-corrected chi connectivity index (χ3v) is 7.81. The van der Waals surface area contributed by atoms with Gasteiger partial charge in [0.25, 0.3) is 0 Å². The van der Waals surface area contributed by atoms with E-state index in [1.165, 1.54) is 0 Å². The van der Waals surface area contributed by atoms with Gasteiger partial charge in [0.05, 0.1) is 64.6 Å². The largest absolute Gasteiger partial charge is 0.309 e. The van der Waals surface area contributed by atoms with Crippen LogP contribution in [0.1, 0.15) is 42.5 Å². The van der Waals surface area contributed by atoms with E-state index in [2.05, 4.69) is 0 Å². The van der Waals surface area contributed by atoms with E-state index in [1.807, 2.05) is 0 Å². The monoisotopic (exact) mass is 667 g/mol. The first-order valence-corrected chi connectivity index (χ1v) is 14.7. The lowest BCUT2D eigenvalue weighted by Gasteiger charge is -2.11. The fourth-order valence-electron chi connectivity index (χ4n) is 5.65. The van der Waals surface area contributed by atoms with Crippen molar-refractivity contribution in [3.8, 4) is 44.8 Å². The molecule has 0 saturated heterocycles. The van der Waals surface area contributed by atoms with E-state index in [4.69, 9.17) is 28.8 Å². The summed E-state index contributed by atoms with van der Waals surface area (Å²) in [6.45, 7) is 0. The molecule has 0 aliphatic carbocycles. The molecule has 0 saturated carbocycles. The molecule has 0 amide bonds. The number of hydrogen-bond acceptors (Lipinski definition) is 0. The lowest BCUT2D eigenvalue weighted by atomic mass is 10.0. The summed E-state index contributed by atoms with van der Waals surface area (Å²) in [5.41, 5.74) is -8.64. The van der Waals surface area contributed by atoms with Crippen molar-refractivity contribution in [3.05, 3.63) is 193 Å². The minimum Gasteiger partial charge on any atom is -0.309 e. The Kier molecular flexibility index (Phi) is 2.58. The van der Waals surface area contributed by atoms with Crippen LogP contribution in [0.15, 0.2) is 193 Å². The van der Waals surface area contributed by atoms with Gasteiger partial charge in [-0.2, -0.15) is 0 Å². The molecule has 0 unspecified atom stereocenters. The highest BCUT2D eigenvalue weighted by Gasteiger charge is 2.16. The highest BCUT2D eigenvalue weighted by Crippen LogP contribution is 2.39. The Labute approximate surface area is 334 Å². The van der Waals surface area contributed by atoms with Crippen LogP contribution in [0.2, 0.25) is 0 Å². The van der Waals surface area contributed by atoms with Crippen LogP contribution in [-0.2, 0) is 0 Å². The molecule has 2 aromatic heterocycles. The number of rotatable bonds is 5. The Bertz CT molecular complexity index is 4590. The molecule has 2 heteroatoms. The number of hydrogen-bond donors (Lipinski definition) is 0. The fraction of sp³-hybridized carbons (Fsp3) is 0. The maximum Gasteiger partial charge on any atom is 0.0651 e. The predicted octanol–water partition coefficient (Wildman–Crippen LogP) is 12.9. The molecule has 10 aromatic rings. The maximum absolute atomic E-state index is 9.87. The third kappa shape index (κ3) is 4.57. The van der Waals surface area contributed by atoms with Gasteiger partial charge in [0.2, 0.25) is 0 Å². The van der Waals surface area contributed by atoms with Gasteiger partial charge in [-0.15, -0.1) is 0 Å².